The second-order valence-electron chi connectivity index (χ2n) is 10.2. The van der Waals surface area contributed by atoms with Crippen molar-refractivity contribution in [3.63, 3.8) is 0 Å². The number of alkyl halides is 3. The van der Waals surface area contributed by atoms with Gasteiger partial charge in [-0.15, -0.1) is 0 Å². The number of benzene rings is 1. The minimum atomic E-state index is -4.36. The first-order valence-corrected chi connectivity index (χ1v) is 11.6. The van der Waals surface area contributed by atoms with Crippen LogP contribution in [0.25, 0.3) is 0 Å². The monoisotopic (exact) mass is 456 g/mol. The lowest BCUT2D eigenvalue weighted by Crippen LogP contribution is -2.70. The molecule has 4 aliphatic heterocycles. The van der Waals surface area contributed by atoms with Crippen molar-refractivity contribution in [2.45, 2.75) is 89.6 Å². The maximum absolute atomic E-state index is 12.9. The van der Waals surface area contributed by atoms with Gasteiger partial charge in [0.2, 0.25) is 5.79 Å². The lowest BCUT2D eigenvalue weighted by Gasteiger charge is -2.60. The molecule has 5 aliphatic rings. The number of rotatable bonds is 3. The molecule has 1 saturated carbocycles. The fraction of sp³-hybridized carbons (Fsp3) is 0.750. The van der Waals surface area contributed by atoms with Crippen LogP contribution >= 0.6 is 0 Å². The van der Waals surface area contributed by atoms with Gasteiger partial charge in [-0.05, 0) is 62.6 Å². The maximum Gasteiger partial charge on any atom is 0.416 e. The Morgan fingerprint density at radius 2 is 1.75 bits per heavy atom. The summed E-state index contributed by atoms with van der Waals surface area (Å²) in [4.78, 5) is 11.9. The van der Waals surface area contributed by atoms with Crippen LogP contribution in [0.4, 0.5) is 13.2 Å². The molecule has 178 valence electrons. The molecular formula is C24H31F3O5. The Labute approximate surface area is 186 Å². The van der Waals surface area contributed by atoms with Crippen molar-refractivity contribution < 1.29 is 37.2 Å². The van der Waals surface area contributed by atoms with Crippen molar-refractivity contribution >= 4 is 0 Å². The van der Waals surface area contributed by atoms with Gasteiger partial charge in [0.1, 0.15) is 0 Å². The Bertz CT molecular complexity index is 845. The summed E-state index contributed by atoms with van der Waals surface area (Å²) in [6.45, 7) is 8.06. The lowest BCUT2D eigenvalue weighted by atomic mass is 9.58. The van der Waals surface area contributed by atoms with E-state index in [2.05, 4.69) is 13.8 Å². The smallest absolute Gasteiger partial charge is 0.345 e. The van der Waals surface area contributed by atoms with Crippen molar-refractivity contribution in [1.82, 2.24) is 0 Å². The van der Waals surface area contributed by atoms with Crippen LogP contribution in [-0.2, 0) is 30.2 Å². The van der Waals surface area contributed by atoms with Crippen LogP contribution in [0.2, 0.25) is 0 Å². The highest BCUT2D eigenvalue weighted by Gasteiger charge is 2.69. The van der Waals surface area contributed by atoms with Gasteiger partial charge >= 0.3 is 6.18 Å². The molecule has 1 aromatic carbocycles. The molecule has 1 aliphatic carbocycles. The molecule has 0 N–H and O–H groups in total. The van der Waals surface area contributed by atoms with Crippen LogP contribution in [0.1, 0.15) is 70.6 Å². The highest BCUT2D eigenvalue weighted by molar-refractivity contribution is 5.26. The molecule has 2 bridgehead atoms. The standard InChI is InChI=1S/C24H31F3O5/c1-13-5-10-19-14(2)20(28-15(3)16-6-8-17(9-7-16)24(25,26)27)29-21-23(19)18(13)11-12-22(4,30-21)31-32-23/h6-9,13-15,18-21H,5,10-12H2,1-4H3/t13-,14-,15-,18+,19+,20+,21-,22-,23-/m1/s1. The highest BCUT2D eigenvalue weighted by Crippen LogP contribution is 2.60. The van der Waals surface area contributed by atoms with Crippen molar-refractivity contribution in [2.24, 2.45) is 23.7 Å². The zero-order valence-corrected chi connectivity index (χ0v) is 18.9. The summed E-state index contributed by atoms with van der Waals surface area (Å²) in [6.07, 6.45) is -2.23. The van der Waals surface area contributed by atoms with Crippen molar-refractivity contribution in [2.75, 3.05) is 0 Å². The van der Waals surface area contributed by atoms with Gasteiger partial charge in [-0.1, -0.05) is 26.0 Å². The summed E-state index contributed by atoms with van der Waals surface area (Å²) < 4.78 is 57.7. The summed E-state index contributed by atoms with van der Waals surface area (Å²) >= 11 is 0. The summed E-state index contributed by atoms with van der Waals surface area (Å²) in [5, 5.41) is 0. The zero-order chi connectivity index (χ0) is 22.9. The normalized spacial score (nSPS) is 44.6. The Morgan fingerprint density at radius 1 is 1.03 bits per heavy atom. The summed E-state index contributed by atoms with van der Waals surface area (Å²) in [7, 11) is 0. The largest absolute Gasteiger partial charge is 0.416 e. The van der Waals surface area contributed by atoms with Crippen LogP contribution in [0.15, 0.2) is 24.3 Å². The molecule has 8 heteroatoms. The van der Waals surface area contributed by atoms with E-state index in [1.165, 1.54) is 12.1 Å². The van der Waals surface area contributed by atoms with E-state index in [9.17, 15) is 13.2 Å². The summed E-state index contributed by atoms with van der Waals surface area (Å²) in [5.41, 5.74) is -0.669. The minimum absolute atomic E-state index is 0.00723. The third kappa shape index (κ3) is 3.50. The van der Waals surface area contributed by atoms with Crippen LogP contribution in [0, 0.1) is 23.7 Å². The molecule has 1 aromatic rings. The van der Waals surface area contributed by atoms with Crippen LogP contribution in [0.3, 0.4) is 0 Å². The van der Waals surface area contributed by atoms with Crippen molar-refractivity contribution in [3.8, 4) is 0 Å². The average Bonchev–Trinajstić information content (AvgIpc) is 2.97. The van der Waals surface area contributed by atoms with Gasteiger partial charge in [-0.3, -0.25) is 0 Å². The Kier molecular flexibility index (Phi) is 5.41. The van der Waals surface area contributed by atoms with Gasteiger partial charge in [0.05, 0.1) is 11.7 Å². The quantitative estimate of drug-likeness (QED) is 0.523. The average molecular weight is 457 g/mol. The third-order valence-corrected chi connectivity index (χ3v) is 8.14. The molecule has 9 atom stereocenters. The first-order chi connectivity index (χ1) is 15.0. The molecule has 5 fully saturated rings. The van der Waals surface area contributed by atoms with Crippen LogP contribution < -0.4 is 0 Å². The van der Waals surface area contributed by atoms with Crippen LogP contribution in [0.5, 0.6) is 0 Å². The SMILES string of the molecule is C[C@H]1[C@@H](O[C@H](C)c2ccc(C(F)(F)F)cc2)O[C@@H]2O[C@@]3(C)CC[C@H]4[C@H](C)CC[C@@H]1[C@@]24OO3. The Balaban J connectivity index is 1.38. The van der Waals surface area contributed by atoms with Crippen molar-refractivity contribution in [1.29, 1.82) is 0 Å². The molecule has 5 nitrogen and oxygen atoms in total. The Hall–Kier alpha value is -1.19. The summed E-state index contributed by atoms with van der Waals surface area (Å²) in [5.74, 6) is 0.0246. The van der Waals surface area contributed by atoms with E-state index >= 15 is 0 Å². The van der Waals surface area contributed by atoms with Gasteiger partial charge in [0, 0.05) is 18.3 Å². The van der Waals surface area contributed by atoms with Gasteiger partial charge in [-0.2, -0.15) is 13.2 Å². The highest BCUT2D eigenvalue weighted by atomic mass is 19.4. The van der Waals surface area contributed by atoms with Gasteiger partial charge < -0.3 is 14.2 Å². The molecule has 0 radical (unpaired) electrons. The van der Waals surface area contributed by atoms with Gasteiger partial charge in [0.25, 0.3) is 0 Å². The van der Waals surface area contributed by atoms with E-state index in [-0.39, 0.29) is 17.8 Å². The second-order valence-corrected chi connectivity index (χ2v) is 10.2. The first-order valence-electron chi connectivity index (χ1n) is 11.6. The number of hydrogen-bond donors (Lipinski definition) is 0. The molecule has 0 unspecified atom stereocenters. The third-order valence-electron chi connectivity index (χ3n) is 8.14. The van der Waals surface area contributed by atoms with E-state index in [4.69, 9.17) is 24.0 Å². The second kappa shape index (κ2) is 7.67. The first kappa shape index (κ1) is 22.6. The fourth-order valence-electron chi connectivity index (χ4n) is 6.25. The fourth-order valence-corrected chi connectivity index (χ4v) is 6.25. The number of halogens is 3. The molecule has 0 aromatic heterocycles. The zero-order valence-electron chi connectivity index (χ0n) is 18.9. The van der Waals surface area contributed by atoms with E-state index in [0.29, 0.717) is 11.5 Å². The summed E-state index contributed by atoms with van der Waals surface area (Å²) in [6, 6.07) is 5.09. The molecular weight excluding hydrogens is 425 g/mol. The number of fused-ring (bicyclic) bond motifs is 2. The molecule has 1 spiro atoms. The minimum Gasteiger partial charge on any atom is -0.345 e. The van der Waals surface area contributed by atoms with Gasteiger partial charge in [0.15, 0.2) is 18.2 Å². The predicted molar refractivity (Wildman–Crippen MR) is 108 cm³/mol. The molecule has 6 rings (SSSR count). The molecule has 4 heterocycles. The van der Waals surface area contributed by atoms with Gasteiger partial charge in [-0.25, -0.2) is 9.78 Å². The molecule has 32 heavy (non-hydrogen) atoms. The topological polar surface area (TPSA) is 46.2 Å². The van der Waals surface area contributed by atoms with Crippen molar-refractivity contribution in [3.05, 3.63) is 35.4 Å². The lowest BCUT2D eigenvalue weighted by molar-refractivity contribution is -0.578. The number of ether oxygens (including phenoxy) is 3. The Morgan fingerprint density at radius 3 is 2.44 bits per heavy atom. The van der Waals surface area contributed by atoms with E-state index in [0.717, 1.165) is 37.8 Å². The number of hydrogen-bond acceptors (Lipinski definition) is 5. The maximum atomic E-state index is 12.9. The predicted octanol–water partition coefficient (Wildman–Crippen LogP) is 5.99. The molecule has 0 amide bonds. The van der Waals surface area contributed by atoms with Crippen LogP contribution in [-0.4, -0.2) is 24.0 Å². The van der Waals surface area contributed by atoms with E-state index in [1.54, 1.807) is 0 Å². The van der Waals surface area contributed by atoms with E-state index in [1.807, 2.05) is 13.8 Å². The molecule has 4 saturated heterocycles. The van der Waals surface area contributed by atoms with E-state index < -0.39 is 41.8 Å².